The van der Waals surface area contributed by atoms with E-state index in [0.29, 0.717) is 22.6 Å². The molecule has 3 nitrogen and oxygen atoms in total. The summed E-state index contributed by atoms with van der Waals surface area (Å²) < 4.78 is 13.0. The monoisotopic (exact) mass is 266 g/mol. The van der Waals surface area contributed by atoms with Crippen LogP contribution in [0.4, 0.5) is 4.39 Å². The van der Waals surface area contributed by atoms with Crippen LogP contribution in [0.15, 0.2) is 24.4 Å². The number of aliphatic hydroxyl groups excluding tert-OH is 1. The summed E-state index contributed by atoms with van der Waals surface area (Å²) in [7, 11) is 0. The first-order chi connectivity index (χ1) is 8.49. The van der Waals surface area contributed by atoms with Gasteiger partial charge in [-0.2, -0.15) is 0 Å². The van der Waals surface area contributed by atoms with Gasteiger partial charge in [-0.25, -0.2) is 14.4 Å². The van der Waals surface area contributed by atoms with Crippen molar-refractivity contribution >= 4 is 11.6 Å². The van der Waals surface area contributed by atoms with Gasteiger partial charge in [0.25, 0.3) is 0 Å². The number of nitrogens with zero attached hydrogens (tertiary/aromatic N) is 2. The summed E-state index contributed by atoms with van der Waals surface area (Å²) in [6, 6.07) is 4.06. The molecule has 2 rings (SSSR count). The molecule has 1 N–H and O–H groups in total. The molecular formula is C13H12ClFN2O. The summed E-state index contributed by atoms with van der Waals surface area (Å²) in [5.74, 6) is 0.0166. The quantitative estimate of drug-likeness (QED) is 0.907. The lowest BCUT2D eigenvalue weighted by molar-refractivity contribution is 0.197. The maximum atomic E-state index is 13.0. The van der Waals surface area contributed by atoms with Crippen molar-refractivity contribution in [1.29, 1.82) is 0 Å². The van der Waals surface area contributed by atoms with E-state index in [1.807, 2.05) is 0 Å². The molecule has 0 amide bonds. The molecule has 0 saturated carbocycles. The Morgan fingerprint density at radius 1 is 1.39 bits per heavy atom. The Balaban J connectivity index is 2.49. The topological polar surface area (TPSA) is 46.0 Å². The highest BCUT2D eigenvalue weighted by atomic mass is 35.5. The Bertz CT molecular complexity index is 587. The molecule has 1 atom stereocenters. The van der Waals surface area contributed by atoms with Crippen LogP contribution in [0.5, 0.6) is 0 Å². The minimum Gasteiger partial charge on any atom is -0.389 e. The molecular weight excluding hydrogens is 255 g/mol. The van der Waals surface area contributed by atoms with Crippen LogP contribution in [0.25, 0.3) is 11.4 Å². The van der Waals surface area contributed by atoms with Gasteiger partial charge < -0.3 is 5.11 Å². The molecule has 18 heavy (non-hydrogen) atoms. The first-order valence-electron chi connectivity index (χ1n) is 5.46. The highest BCUT2D eigenvalue weighted by molar-refractivity contribution is 6.33. The summed E-state index contributed by atoms with van der Waals surface area (Å²) in [4.78, 5) is 8.42. The van der Waals surface area contributed by atoms with Crippen molar-refractivity contribution in [2.75, 3.05) is 0 Å². The van der Waals surface area contributed by atoms with Gasteiger partial charge in [0.1, 0.15) is 5.82 Å². The summed E-state index contributed by atoms with van der Waals surface area (Å²) >= 11 is 5.95. The Morgan fingerprint density at radius 3 is 2.67 bits per heavy atom. The maximum Gasteiger partial charge on any atom is 0.160 e. The molecule has 1 aromatic carbocycles. The normalized spacial score (nSPS) is 12.5. The second-order valence-corrected chi connectivity index (χ2v) is 4.44. The van der Waals surface area contributed by atoms with Crippen molar-refractivity contribution < 1.29 is 9.50 Å². The molecule has 1 heterocycles. The van der Waals surface area contributed by atoms with Crippen LogP contribution in [0.3, 0.4) is 0 Å². The fraction of sp³-hybridized carbons (Fsp3) is 0.231. The van der Waals surface area contributed by atoms with Crippen molar-refractivity contribution in [3.8, 4) is 11.4 Å². The van der Waals surface area contributed by atoms with Gasteiger partial charge in [0.05, 0.1) is 11.1 Å². The van der Waals surface area contributed by atoms with Crippen molar-refractivity contribution in [3.63, 3.8) is 0 Å². The average molecular weight is 267 g/mol. The molecule has 2 aromatic rings. The Morgan fingerprint density at radius 2 is 2.11 bits per heavy atom. The Labute approximate surface area is 109 Å². The third kappa shape index (κ3) is 2.49. The standard InChI is InChI=1S/C13H12ClFN2O/c1-7-11(8(2)18)6-16-13(17-7)10-4-3-9(15)5-12(10)14/h3-6,8,18H,1-2H3/t8-/m0/s1. The second-order valence-electron chi connectivity index (χ2n) is 4.03. The van der Waals surface area contributed by atoms with E-state index in [9.17, 15) is 9.50 Å². The summed E-state index contributed by atoms with van der Waals surface area (Å²) in [6.07, 6.45) is 0.935. The molecule has 94 valence electrons. The molecule has 0 bridgehead atoms. The molecule has 0 aliphatic heterocycles. The third-order valence-corrected chi connectivity index (χ3v) is 2.95. The van der Waals surface area contributed by atoms with E-state index in [1.54, 1.807) is 20.0 Å². The molecule has 0 saturated heterocycles. The van der Waals surface area contributed by atoms with Gasteiger partial charge in [-0.3, -0.25) is 0 Å². The minimum absolute atomic E-state index is 0.263. The molecule has 0 unspecified atom stereocenters. The number of halogens is 2. The van der Waals surface area contributed by atoms with Crippen LogP contribution in [0.1, 0.15) is 24.3 Å². The van der Waals surface area contributed by atoms with Crippen LogP contribution in [0.2, 0.25) is 5.02 Å². The Hall–Kier alpha value is -1.52. The first kappa shape index (κ1) is 12.9. The molecule has 1 aromatic heterocycles. The van der Waals surface area contributed by atoms with Crippen LogP contribution in [-0.4, -0.2) is 15.1 Å². The summed E-state index contributed by atoms with van der Waals surface area (Å²) in [5.41, 5.74) is 1.91. The molecule has 0 aliphatic carbocycles. The highest BCUT2D eigenvalue weighted by Crippen LogP contribution is 2.27. The van der Waals surface area contributed by atoms with Crippen LogP contribution < -0.4 is 0 Å². The van der Waals surface area contributed by atoms with Crippen molar-refractivity contribution in [1.82, 2.24) is 9.97 Å². The van der Waals surface area contributed by atoms with Gasteiger partial charge in [0.15, 0.2) is 5.82 Å². The smallest absolute Gasteiger partial charge is 0.160 e. The molecule has 0 fully saturated rings. The SMILES string of the molecule is Cc1nc(-c2ccc(F)cc2Cl)ncc1[C@H](C)O. The molecule has 0 spiro atoms. The zero-order valence-corrected chi connectivity index (χ0v) is 10.7. The van der Waals surface area contributed by atoms with Crippen LogP contribution in [0, 0.1) is 12.7 Å². The number of aromatic nitrogens is 2. The second kappa shape index (κ2) is 5.00. The number of hydrogen-bond acceptors (Lipinski definition) is 3. The van der Waals surface area contributed by atoms with Gasteiger partial charge in [-0.15, -0.1) is 0 Å². The molecule has 0 radical (unpaired) electrons. The highest BCUT2D eigenvalue weighted by Gasteiger charge is 2.11. The molecule has 0 aliphatic rings. The number of aryl methyl sites for hydroxylation is 1. The number of rotatable bonds is 2. The van der Waals surface area contributed by atoms with E-state index in [4.69, 9.17) is 11.6 Å². The average Bonchev–Trinajstić information content (AvgIpc) is 2.28. The fourth-order valence-corrected chi connectivity index (χ4v) is 1.94. The van der Waals surface area contributed by atoms with Crippen molar-refractivity contribution in [2.45, 2.75) is 20.0 Å². The fourth-order valence-electron chi connectivity index (χ4n) is 1.69. The van der Waals surface area contributed by atoms with E-state index >= 15 is 0 Å². The van der Waals surface area contributed by atoms with Gasteiger partial charge in [-0.1, -0.05) is 11.6 Å². The maximum absolute atomic E-state index is 13.0. The lowest BCUT2D eigenvalue weighted by Gasteiger charge is -2.09. The van der Waals surface area contributed by atoms with E-state index in [1.165, 1.54) is 18.2 Å². The minimum atomic E-state index is -0.622. The van der Waals surface area contributed by atoms with Gasteiger partial charge in [-0.05, 0) is 32.0 Å². The summed E-state index contributed by atoms with van der Waals surface area (Å²) in [5, 5.41) is 9.76. The van der Waals surface area contributed by atoms with E-state index < -0.39 is 11.9 Å². The first-order valence-corrected chi connectivity index (χ1v) is 5.84. The predicted molar refractivity (Wildman–Crippen MR) is 67.8 cm³/mol. The third-order valence-electron chi connectivity index (χ3n) is 2.64. The van der Waals surface area contributed by atoms with E-state index in [0.717, 1.165) is 0 Å². The van der Waals surface area contributed by atoms with Crippen molar-refractivity contribution in [3.05, 3.63) is 46.5 Å². The zero-order chi connectivity index (χ0) is 13.3. The summed E-state index contributed by atoms with van der Waals surface area (Å²) in [6.45, 7) is 3.43. The Kier molecular flexibility index (Phi) is 3.59. The lowest BCUT2D eigenvalue weighted by Crippen LogP contribution is -2.01. The van der Waals surface area contributed by atoms with E-state index in [2.05, 4.69) is 9.97 Å². The van der Waals surface area contributed by atoms with Gasteiger partial charge in [0, 0.05) is 23.0 Å². The number of aliphatic hydroxyl groups is 1. The zero-order valence-electron chi connectivity index (χ0n) is 9.98. The lowest BCUT2D eigenvalue weighted by atomic mass is 10.1. The van der Waals surface area contributed by atoms with Gasteiger partial charge >= 0.3 is 0 Å². The predicted octanol–water partition coefficient (Wildman–Crippen LogP) is 3.30. The van der Waals surface area contributed by atoms with E-state index in [-0.39, 0.29) is 5.02 Å². The van der Waals surface area contributed by atoms with Crippen LogP contribution >= 0.6 is 11.6 Å². The molecule has 5 heteroatoms. The van der Waals surface area contributed by atoms with Crippen molar-refractivity contribution in [2.24, 2.45) is 0 Å². The largest absolute Gasteiger partial charge is 0.389 e. The van der Waals surface area contributed by atoms with Crippen LogP contribution in [-0.2, 0) is 0 Å². The van der Waals surface area contributed by atoms with Gasteiger partial charge in [0.2, 0.25) is 0 Å². The number of hydrogen-bond donors (Lipinski definition) is 1. The number of benzene rings is 1.